The van der Waals surface area contributed by atoms with Crippen LogP contribution < -0.4 is 5.32 Å². The smallest absolute Gasteiger partial charge is 0.338 e. The quantitative estimate of drug-likeness (QED) is 0.665. The molecule has 0 aliphatic rings. The molecule has 0 aromatic heterocycles. The van der Waals surface area contributed by atoms with Crippen LogP contribution in [0.4, 0.5) is 5.69 Å². The molecule has 2 aromatic carbocycles. The topological polar surface area (TPSA) is 92.8 Å². The van der Waals surface area contributed by atoms with Gasteiger partial charge in [0.15, 0.2) is 6.10 Å². The molecule has 2 aromatic rings. The van der Waals surface area contributed by atoms with Crippen molar-refractivity contribution in [2.75, 3.05) is 18.4 Å². The Bertz CT molecular complexity index is 967. The van der Waals surface area contributed by atoms with E-state index in [2.05, 4.69) is 5.32 Å². The number of rotatable bonds is 8. The number of aryl methyl sites for hydroxylation is 1. The molecule has 0 fully saturated rings. The molecule has 1 N–H and O–H groups in total. The summed E-state index contributed by atoms with van der Waals surface area (Å²) >= 11 is 0. The molecular weight excluding hydrogens is 392 g/mol. The van der Waals surface area contributed by atoms with Gasteiger partial charge in [0, 0.05) is 18.8 Å². The third-order valence-electron chi connectivity index (χ3n) is 4.49. The van der Waals surface area contributed by atoms with Crippen LogP contribution in [0.1, 0.15) is 36.7 Å². The Morgan fingerprint density at radius 3 is 2.17 bits per heavy atom. The minimum Gasteiger partial charge on any atom is -0.449 e. The molecule has 1 amide bonds. The maximum atomic E-state index is 12.5. The van der Waals surface area contributed by atoms with Crippen LogP contribution in [-0.2, 0) is 19.6 Å². The van der Waals surface area contributed by atoms with Crippen molar-refractivity contribution in [3.05, 3.63) is 59.7 Å². The Hall–Kier alpha value is -2.71. The molecule has 0 radical (unpaired) electrons. The van der Waals surface area contributed by atoms with Crippen molar-refractivity contribution < 1.29 is 22.7 Å². The fourth-order valence-electron chi connectivity index (χ4n) is 2.71. The van der Waals surface area contributed by atoms with E-state index >= 15 is 0 Å². The molecule has 7 nitrogen and oxygen atoms in total. The highest BCUT2D eigenvalue weighted by Gasteiger charge is 2.23. The molecule has 156 valence electrons. The lowest BCUT2D eigenvalue weighted by Crippen LogP contribution is -2.31. The molecule has 2 rings (SSSR count). The first-order valence-electron chi connectivity index (χ1n) is 9.38. The van der Waals surface area contributed by atoms with E-state index in [1.54, 1.807) is 26.0 Å². The molecule has 0 unspecified atom stereocenters. The van der Waals surface area contributed by atoms with Gasteiger partial charge in [-0.05, 0) is 49.7 Å². The molecule has 0 heterocycles. The van der Waals surface area contributed by atoms with Crippen molar-refractivity contribution in [1.29, 1.82) is 0 Å². The first kappa shape index (κ1) is 22.6. The number of hydrogen-bond donors (Lipinski definition) is 1. The molecule has 1 atom stereocenters. The monoisotopic (exact) mass is 418 g/mol. The number of ether oxygens (including phenoxy) is 1. The number of amides is 1. The number of carbonyl (C=O) groups is 2. The van der Waals surface area contributed by atoms with Crippen LogP contribution in [0.3, 0.4) is 0 Å². The summed E-state index contributed by atoms with van der Waals surface area (Å²) in [4.78, 5) is 24.7. The van der Waals surface area contributed by atoms with Gasteiger partial charge in [0.05, 0.1) is 10.5 Å². The molecule has 8 heteroatoms. The average molecular weight is 419 g/mol. The number of nitrogens with zero attached hydrogens (tertiary/aromatic N) is 1. The lowest BCUT2D eigenvalue weighted by Gasteiger charge is -2.18. The molecule has 0 bridgehead atoms. The number of nitrogens with one attached hydrogen (secondary N) is 1. The predicted molar refractivity (Wildman–Crippen MR) is 111 cm³/mol. The second-order valence-corrected chi connectivity index (χ2v) is 8.40. The summed E-state index contributed by atoms with van der Waals surface area (Å²) in [7, 11) is -3.60. The largest absolute Gasteiger partial charge is 0.449 e. The summed E-state index contributed by atoms with van der Waals surface area (Å²) in [6.07, 6.45) is -1.01. The van der Waals surface area contributed by atoms with E-state index < -0.39 is 28.0 Å². The second-order valence-electron chi connectivity index (χ2n) is 6.47. The van der Waals surface area contributed by atoms with Gasteiger partial charge < -0.3 is 10.1 Å². The van der Waals surface area contributed by atoms with Gasteiger partial charge in [-0.15, -0.1) is 0 Å². The van der Waals surface area contributed by atoms with Crippen molar-refractivity contribution in [3.63, 3.8) is 0 Å². The SMILES string of the molecule is CCN(CC)S(=O)(=O)c1ccc(C(=O)O[C@H](C)C(=O)Nc2ccccc2C)cc1. The molecule has 0 saturated heterocycles. The summed E-state index contributed by atoms with van der Waals surface area (Å²) in [6.45, 7) is 7.57. The maximum Gasteiger partial charge on any atom is 0.338 e. The minimum atomic E-state index is -3.60. The highest BCUT2D eigenvalue weighted by Crippen LogP contribution is 2.18. The third kappa shape index (κ3) is 5.42. The number of esters is 1. The number of anilines is 1. The zero-order valence-electron chi connectivity index (χ0n) is 17.0. The van der Waals surface area contributed by atoms with E-state index in [0.717, 1.165) is 5.56 Å². The number of carbonyl (C=O) groups excluding carboxylic acids is 2. The van der Waals surface area contributed by atoms with Crippen molar-refractivity contribution >= 4 is 27.6 Å². The van der Waals surface area contributed by atoms with Crippen molar-refractivity contribution in [2.45, 2.75) is 38.7 Å². The summed E-state index contributed by atoms with van der Waals surface area (Å²) in [5.41, 5.74) is 1.70. The van der Waals surface area contributed by atoms with E-state index in [1.165, 1.54) is 35.5 Å². The van der Waals surface area contributed by atoms with Crippen molar-refractivity contribution in [2.24, 2.45) is 0 Å². The summed E-state index contributed by atoms with van der Waals surface area (Å²) in [5, 5.41) is 2.72. The number of para-hydroxylation sites is 1. The Labute approximate surface area is 171 Å². The Kier molecular flexibility index (Phi) is 7.53. The summed E-state index contributed by atoms with van der Waals surface area (Å²) < 4.78 is 31.5. The summed E-state index contributed by atoms with van der Waals surface area (Å²) in [5.74, 6) is -1.15. The lowest BCUT2D eigenvalue weighted by atomic mass is 10.2. The average Bonchev–Trinajstić information content (AvgIpc) is 2.70. The van der Waals surface area contributed by atoms with Crippen LogP contribution in [-0.4, -0.2) is 43.8 Å². The minimum absolute atomic E-state index is 0.100. The van der Waals surface area contributed by atoms with E-state index in [-0.39, 0.29) is 10.5 Å². The maximum absolute atomic E-state index is 12.5. The fraction of sp³-hybridized carbons (Fsp3) is 0.333. The highest BCUT2D eigenvalue weighted by molar-refractivity contribution is 7.89. The van der Waals surface area contributed by atoms with Crippen molar-refractivity contribution in [3.8, 4) is 0 Å². The molecule has 0 aliphatic carbocycles. The fourth-order valence-corrected chi connectivity index (χ4v) is 4.16. The first-order chi connectivity index (χ1) is 13.7. The van der Waals surface area contributed by atoms with Crippen LogP contribution in [0.5, 0.6) is 0 Å². The van der Waals surface area contributed by atoms with E-state index in [4.69, 9.17) is 4.74 Å². The van der Waals surface area contributed by atoms with E-state index in [0.29, 0.717) is 18.8 Å². The Morgan fingerprint density at radius 1 is 1.03 bits per heavy atom. The first-order valence-corrected chi connectivity index (χ1v) is 10.8. The van der Waals surface area contributed by atoms with Gasteiger partial charge >= 0.3 is 5.97 Å². The number of benzene rings is 2. The highest BCUT2D eigenvalue weighted by atomic mass is 32.2. The summed E-state index contributed by atoms with van der Waals surface area (Å²) in [6, 6.07) is 12.8. The number of sulfonamides is 1. The van der Waals surface area contributed by atoms with Gasteiger partial charge in [0.25, 0.3) is 5.91 Å². The third-order valence-corrected chi connectivity index (χ3v) is 6.55. The van der Waals surface area contributed by atoms with Gasteiger partial charge in [0.2, 0.25) is 10.0 Å². The van der Waals surface area contributed by atoms with Crippen LogP contribution >= 0.6 is 0 Å². The molecule has 0 aliphatic heterocycles. The standard InChI is InChI=1S/C21H26N2O5S/c1-5-23(6-2)29(26,27)18-13-11-17(12-14-18)21(25)28-16(4)20(24)22-19-10-8-7-9-15(19)3/h7-14,16H,5-6H2,1-4H3,(H,22,24)/t16-/m1/s1. The van der Waals surface area contributed by atoms with E-state index in [9.17, 15) is 18.0 Å². The molecular formula is C21H26N2O5S. The van der Waals surface area contributed by atoms with Crippen LogP contribution in [0.2, 0.25) is 0 Å². The number of hydrogen-bond acceptors (Lipinski definition) is 5. The van der Waals surface area contributed by atoms with Gasteiger partial charge in [-0.1, -0.05) is 32.0 Å². The lowest BCUT2D eigenvalue weighted by molar-refractivity contribution is -0.123. The Morgan fingerprint density at radius 2 is 1.62 bits per heavy atom. The zero-order chi connectivity index (χ0) is 21.6. The van der Waals surface area contributed by atoms with Gasteiger partial charge in [-0.3, -0.25) is 4.79 Å². The van der Waals surface area contributed by atoms with E-state index in [1.807, 2.05) is 19.1 Å². The predicted octanol–water partition coefficient (Wildman–Crippen LogP) is 3.21. The normalized spacial score (nSPS) is 12.4. The van der Waals surface area contributed by atoms with Crippen LogP contribution in [0.15, 0.2) is 53.4 Å². The van der Waals surface area contributed by atoms with Crippen molar-refractivity contribution in [1.82, 2.24) is 4.31 Å². The van der Waals surface area contributed by atoms with Gasteiger partial charge in [-0.25, -0.2) is 13.2 Å². The Balaban J connectivity index is 2.05. The van der Waals surface area contributed by atoms with Gasteiger partial charge in [-0.2, -0.15) is 4.31 Å². The second kappa shape index (κ2) is 9.67. The van der Waals surface area contributed by atoms with Crippen LogP contribution in [0, 0.1) is 6.92 Å². The van der Waals surface area contributed by atoms with Gasteiger partial charge in [0.1, 0.15) is 0 Å². The molecule has 0 saturated carbocycles. The molecule has 29 heavy (non-hydrogen) atoms. The zero-order valence-corrected chi connectivity index (χ0v) is 17.8. The molecule has 0 spiro atoms. The van der Waals surface area contributed by atoms with Crippen LogP contribution in [0.25, 0.3) is 0 Å².